The van der Waals surface area contributed by atoms with Gasteiger partial charge < -0.3 is 19.4 Å². The highest BCUT2D eigenvalue weighted by atomic mass is 32.2. The second-order valence-electron chi connectivity index (χ2n) is 8.40. The number of hydrogen-bond donors (Lipinski definition) is 0. The molecule has 2 aliphatic heterocycles. The lowest BCUT2D eigenvalue weighted by atomic mass is 10.1. The van der Waals surface area contributed by atoms with Gasteiger partial charge in [-0.3, -0.25) is 9.59 Å². The normalized spacial score (nSPS) is 16.9. The fourth-order valence-corrected chi connectivity index (χ4v) is 5.33. The van der Waals surface area contributed by atoms with Crippen molar-refractivity contribution in [2.45, 2.75) is 4.90 Å². The van der Waals surface area contributed by atoms with Crippen LogP contribution in [0.1, 0.15) is 15.9 Å². The first-order valence-corrected chi connectivity index (χ1v) is 12.3. The highest BCUT2D eigenvalue weighted by Gasteiger charge is 2.29. The van der Waals surface area contributed by atoms with Gasteiger partial charge in [-0.05, 0) is 54.1 Å². The van der Waals surface area contributed by atoms with E-state index in [1.807, 2.05) is 71.6 Å². The van der Waals surface area contributed by atoms with Crippen molar-refractivity contribution in [1.29, 1.82) is 0 Å². The van der Waals surface area contributed by atoms with E-state index in [1.165, 1.54) is 11.8 Å². The van der Waals surface area contributed by atoms with E-state index in [2.05, 4.69) is 9.88 Å². The van der Waals surface area contributed by atoms with Crippen molar-refractivity contribution in [1.82, 2.24) is 9.88 Å². The third kappa shape index (κ3) is 4.74. The summed E-state index contributed by atoms with van der Waals surface area (Å²) in [6, 6.07) is 19.1. The van der Waals surface area contributed by atoms with E-state index in [0.29, 0.717) is 23.6 Å². The predicted molar refractivity (Wildman–Crippen MR) is 139 cm³/mol. The lowest BCUT2D eigenvalue weighted by molar-refractivity contribution is -0.114. The number of piperazine rings is 1. The van der Waals surface area contributed by atoms with E-state index in [0.717, 1.165) is 40.8 Å². The first-order chi connectivity index (χ1) is 17.0. The minimum Gasteiger partial charge on any atom is -0.497 e. The Balaban J connectivity index is 1.30. The number of amides is 2. The first kappa shape index (κ1) is 23.0. The molecule has 7 nitrogen and oxygen atoms in total. The second kappa shape index (κ2) is 9.84. The monoisotopic (exact) mass is 486 g/mol. The third-order valence-electron chi connectivity index (χ3n) is 6.26. The van der Waals surface area contributed by atoms with Crippen molar-refractivity contribution < 1.29 is 14.3 Å². The van der Waals surface area contributed by atoms with Gasteiger partial charge in [-0.25, -0.2) is 4.98 Å². The molecule has 1 fully saturated rings. The Kier molecular flexibility index (Phi) is 6.46. The zero-order chi connectivity index (χ0) is 24.4. The molecule has 35 heavy (non-hydrogen) atoms. The summed E-state index contributed by atoms with van der Waals surface area (Å²) < 4.78 is 5.21. The summed E-state index contributed by atoms with van der Waals surface area (Å²) in [6.07, 6.45) is 3.67. The quantitative estimate of drug-likeness (QED) is 0.516. The molecule has 0 N–H and O–H groups in total. The maximum Gasteiger partial charge on any atom is 0.264 e. The molecule has 1 saturated heterocycles. The molecule has 178 valence electrons. The number of thioether (sulfide) groups is 1. The third-order valence-corrected chi connectivity index (χ3v) is 7.33. The maximum atomic E-state index is 13.2. The van der Waals surface area contributed by atoms with E-state index in [4.69, 9.17) is 4.74 Å². The molecule has 2 aliphatic rings. The number of ether oxygens (including phenoxy) is 1. The number of carbonyl (C=O) groups is 2. The van der Waals surface area contributed by atoms with Crippen LogP contribution < -0.4 is 14.5 Å². The van der Waals surface area contributed by atoms with E-state index < -0.39 is 0 Å². The molecule has 5 rings (SSSR count). The molecule has 0 radical (unpaired) electrons. The van der Waals surface area contributed by atoms with Crippen LogP contribution >= 0.6 is 11.8 Å². The largest absolute Gasteiger partial charge is 0.497 e. The predicted octanol–water partition coefficient (Wildman–Crippen LogP) is 4.16. The number of fused-ring (bicyclic) bond motifs is 1. The fraction of sp³-hybridized carbons (Fsp3) is 0.222. The minimum absolute atomic E-state index is 0.0149. The zero-order valence-electron chi connectivity index (χ0n) is 19.7. The topological polar surface area (TPSA) is 66.0 Å². The van der Waals surface area contributed by atoms with Gasteiger partial charge in [-0.2, -0.15) is 0 Å². The number of anilines is 2. The Morgan fingerprint density at radius 1 is 1.03 bits per heavy atom. The molecule has 0 saturated carbocycles. The van der Waals surface area contributed by atoms with Gasteiger partial charge in [-0.1, -0.05) is 30.0 Å². The van der Waals surface area contributed by atoms with Crippen LogP contribution in [-0.2, 0) is 4.79 Å². The van der Waals surface area contributed by atoms with Crippen molar-refractivity contribution in [2.24, 2.45) is 0 Å². The molecule has 2 amide bonds. The van der Waals surface area contributed by atoms with Crippen LogP contribution in [0.25, 0.3) is 6.08 Å². The van der Waals surface area contributed by atoms with E-state index in [-0.39, 0.29) is 11.8 Å². The molecule has 0 spiro atoms. The summed E-state index contributed by atoms with van der Waals surface area (Å²) in [6.45, 7) is 2.73. The number of benzene rings is 2. The average molecular weight is 487 g/mol. The summed E-state index contributed by atoms with van der Waals surface area (Å²) in [5, 5.41) is 0. The number of rotatable bonds is 4. The number of aromatic nitrogens is 1. The van der Waals surface area contributed by atoms with E-state index >= 15 is 0 Å². The lowest BCUT2D eigenvalue weighted by Crippen LogP contribution is -2.49. The SMILES string of the molecule is COc1ccc(/C=C2\Sc3ccc(C(=O)N4CCN(c5ccccn5)CC4)cc3N(C)C2=O)cc1. The van der Waals surface area contributed by atoms with Gasteiger partial charge in [0, 0.05) is 49.9 Å². The second-order valence-corrected chi connectivity index (χ2v) is 9.48. The number of methoxy groups -OCH3 is 1. The number of pyridine rings is 1. The molecular weight excluding hydrogens is 460 g/mol. The molecular formula is C27H26N4O3S. The molecule has 0 unspecified atom stereocenters. The van der Waals surface area contributed by atoms with Crippen LogP contribution in [-0.4, -0.2) is 62.0 Å². The summed E-state index contributed by atoms with van der Waals surface area (Å²) >= 11 is 1.43. The highest BCUT2D eigenvalue weighted by molar-refractivity contribution is 8.04. The maximum absolute atomic E-state index is 13.2. The average Bonchev–Trinajstić information content (AvgIpc) is 2.92. The molecule has 3 aromatic rings. The van der Waals surface area contributed by atoms with Crippen LogP contribution in [0.3, 0.4) is 0 Å². The lowest BCUT2D eigenvalue weighted by Gasteiger charge is -2.35. The van der Waals surface area contributed by atoms with Crippen LogP contribution in [0, 0.1) is 0 Å². The highest BCUT2D eigenvalue weighted by Crippen LogP contribution is 2.42. The summed E-state index contributed by atoms with van der Waals surface area (Å²) in [5.74, 6) is 1.60. The summed E-state index contributed by atoms with van der Waals surface area (Å²) in [5.41, 5.74) is 2.28. The van der Waals surface area contributed by atoms with Crippen molar-refractivity contribution in [3.8, 4) is 5.75 Å². The Bertz CT molecular complexity index is 1270. The molecule has 0 atom stereocenters. The van der Waals surface area contributed by atoms with Gasteiger partial charge in [0.05, 0.1) is 17.7 Å². The van der Waals surface area contributed by atoms with E-state index in [9.17, 15) is 9.59 Å². The van der Waals surface area contributed by atoms with Gasteiger partial charge in [0.15, 0.2) is 0 Å². The molecule has 8 heteroatoms. The van der Waals surface area contributed by atoms with Gasteiger partial charge in [0.25, 0.3) is 11.8 Å². The number of carbonyl (C=O) groups excluding carboxylic acids is 2. The van der Waals surface area contributed by atoms with Crippen LogP contribution in [0.5, 0.6) is 5.75 Å². The molecule has 3 heterocycles. The van der Waals surface area contributed by atoms with Crippen molar-refractivity contribution in [3.63, 3.8) is 0 Å². The molecule has 1 aromatic heterocycles. The van der Waals surface area contributed by atoms with Gasteiger partial charge in [-0.15, -0.1) is 0 Å². The minimum atomic E-state index is -0.0908. The van der Waals surface area contributed by atoms with Crippen LogP contribution in [0.15, 0.2) is 76.7 Å². The Hall–Kier alpha value is -3.78. The van der Waals surface area contributed by atoms with Gasteiger partial charge in [0.2, 0.25) is 0 Å². The summed E-state index contributed by atoms with van der Waals surface area (Å²) in [7, 11) is 3.38. The van der Waals surface area contributed by atoms with Gasteiger partial charge in [0.1, 0.15) is 11.6 Å². The van der Waals surface area contributed by atoms with E-state index in [1.54, 1.807) is 25.3 Å². The van der Waals surface area contributed by atoms with Crippen molar-refractivity contribution in [2.75, 3.05) is 50.1 Å². The fourth-order valence-electron chi connectivity index (χ4n) is 4.24. The first-order valence-electron chi connectivity index (χ1n) is 11.4. The molecule has 0 aliphatic carbocycles. The number of hydrogen-bond acceptors (Lipinski definition) is 6. The van der Waals surface area contributed by atoms with Crippen molar-refractivity contribution >= 4 is 41.2 Å². The summed E-state index contributed by atoms with van der Waals surface area (Å²) in [4.78, 5) is 38.0. The van der Waals surface area contributed by atoms with Crippen LogP contribution in [0.4, 0.5) is 11.5 Å². The molecule has 0 bridgehead atoms. The Morgan fingerprint density at radius 2 is 1.80 bits per heavy atom. The Labute approximate surface area is 209 Å². The molecule has 2 aromatic carbocycles. The number of nitrogens with zero attached hydrogens (tertiary/aromatic N) is 4. The van der Waals surface area contributed by atoms with Crippen molar-refractivity contribution in [3.05, 3.63) is 82.9 Å². The van der Waals surface area contributed by atoms with Gasteiger partial charge >= 0.3 is 0 Å². The smallest absolute Gasteiger partial charge is 0.264 e. The standard InChI is InChI=1S/C27H26N4O3S/c1-29-22-18-20(26(32)31-15-13-30(14-16-31)25-5-3-4-12-28-25)8-11-23(22)35-24(27(29)33)17-19-6-9-21(34-2)10-7-19/h3-12,17-18H,13-16H2,1-2H3/b24-17-. The Morgan fingerprint density at radius 3 is 2.49 bits per heavy atom. The number of likely N-dealkylation sites (N-methyl/N-ethyl adjacent to an activating group) is 1. The zero-order valence-corrected chi connectivity index (χ0v) is 20.5. The van der Waals surface area contributed by atoms with Crippen LogP contribution in [0.2, 0.25) is 0 Å².